The quantitative estimate of drug-likeness (QED) is 0.663. The Balaban J connectivity index is 2.25. The van der Waals surface area contributed by atoms with Crippen LogP contribution in [0.1, 0.15) is 12.8 Å². The first-order chi connectivity index (χ1) is 6.27. The van der Waals surface area contributed by atoms with Crippen molar-refractivity contribution in [3.05, 3.63) is 0 Å². The number of hydrogen-bond donors (Lipinski definition) is 1. The second kappa shape index (κ2) is 5.19. The third-order valence-corrected chi connectivity index (χ3v) is 2.47. The van der Waals surface area contributed by atoms with Gasteiger partial charge in [0.05, 0.1) is 13.0 Å². The van der Waals surface area contributed by atoms with Gasteiger partial charge in [0.25, 0.3) is 0 Å². The van der Waals surface area contributed by atoms with E-state index in [1.807, 2.05) is 11.9 Å². The van der Waals surface area contributed by atoms with E-state index in [4.69, 9.17) is 4.74 Å². The fourth-order valence-corrected chi connectivity index (χ4v) is 1.57. The van der Waals surface area contributed by atoms with Crippen molar-refractivity contribution in [2.45, 2.75) is 18.9 Å². The van der Waals surface area contributed by atoms with Gasteiger partial charge in [-0.05, 0) is 13.5 Å². The molecule has 76 valence electrons. The molecule has 1 saturated heterocycles. The molecule has 1 N–H and O–H groups in total. The summed E-state index contributed by atoms with van der Waals surface area (Å²) in [6, 6.07) is 0.478. The van der Waals surface area contributed by atoms with Crippen LogP contribution in [0.3, 0.4) is 0 Å². The number of ether oxygens (including phenoxy) is 1. The lowest BCUT2D eigenvalue weighted by Gasteiger charge is -2.15. The molecule has 4 nitrogen and oxygen atoms in total. The Bertz CT molecular complexity index is 173. The Labute approximate surface area is 79.2 Å². The summed E-state index contributed by atoms with van der Waals surface area (Å²) in [7, 11) is 3.56. The third kappa shape index (κ3) is 2.97. The molecule has 0 saturated carbocycles. The number of methoxy groups -OCH3 is 1. The molecule has 0 radical (unpaired) electrons. The molecule has 0 aliphatic carbocycles. The second-order valence-electron chi connectivity index (χ2n) is 3.36. The van der Waals surface area contributed by atoms with Crippen LogP contribution < -0.4 is 5.32 Å². The van der Waals surface area contributed by atoms with Crippen LogP contribution in [-0.2, 0) is 9.53 Å². The van der Waals surface area contributed by atoms with Gasteiger partial charge in [-0.3, -0.25) is 4.79 Å². The largest absolute Gasteiger partial charge is 0.384 e. The summed E-state index contributed by atoms with van der Waals surface area (Å²) in [6.45, 7) is 2.26. The maximum Gasteiger partial charge on any atom is 0.224 e. The van der Waals surface area contributed by atoms with Gasteiger partial charge >= 0.3 is 0 Å². The molecule has 1 rings (SSSR count). The summed E-state index contributed by atoms with van der Waals surface area (Å²) in [4.78, 5) is 13.4. The topological polar surface area (TPSA) is 41.6 Å². The van der Waals surface area contributed by atoms with Gasteiger partial charge in [0.2, 0.25) is 5.91 Å². The molecule has 0 aromatic heterocycles. The summed E-state index contributed by atoms with van der Waals surface area (Å²) in [5.41, 5.74) is 0. The molecule has 1 aliphatic heterocycles. The molecule has 0 bridgehead atoms. The zero-order valence-electron chi connectivity index (χ0n) is 8.38. The highest BCUT2D eigenvalue weighted by molar-refractivity contribution is 5.76. The molecule has 1 aliphatic rings. The number of nitrogens with one attached hydrogen (secondary N) is 1. The van der Waals surface area contributed by atoms with Gasteiger partial charge in [-0.15, -0.1) is 0 Å². The fourth-order valence-electron chi connectivity index (χ4n) is 1.57. The SMILES string of the molecule is CN[C@@H]1CCN(C(=O)CCOC)C1. The summed E-state index contributed by atoms with van der Waals surface area (Å²) < 4.78 is 4.86. The van der Waals surface area contributed by atoms with Crippen molar-refractivity contribution in [1.82, 2.24) is 10.2 Å². The molecule has 1 amide bonds. The van der Waals surface area contributed by atoms with Gasteiger partial charge in [-0.1, -0.05) is 0 Å². The monoisotopic (exact) mass is 186 g/mol. The van der Waals surface area contributed by atoms with E-state index >= 15 is 0 Å². The van der Waals surface area contributed by atoms with E-state index < -0.39 is 0 Å². The van der Waals surface area contributed by atoms with Crippen molar-refractivity contribution < 1.29 is 9.53 Å². The van der Waals surface area contributed by atoms with Crippen LogP contribution in [0.25, 0.3) is 0 Å². The lowest BCUT2D eigenvalue weighted by Crippen LogP contribution is -2.33. The van der Waals surface area contributed by atoms with Crippen molar-refractivity contribution in [2.75, 3.05) is 33.9 Å². The van der Waals surface area contributed by atoms with Crippen molar-refractivity contribution >= 4 is 5.91 Å². The molecule has 1 atom stereocenters. The minimum atomic E-state index is 0.208. The van der Waals surface area contributed by atoms with Gasteiger partial charge in [-0.2, -0.15) is 0 Å². The predicted molar refractivity (Wildman–Crippen MR) is 50.5 cm³/mol. The Morgan fingerprint density at radius 3 is 3.00 bits per heavy atom. The van der Waals surface area contributed by atoms with Crippen molar-refractivity contribution in [2.24, 2.45) is 0 Å². The van der Waals surface area contributed by atoms with Crippen LogP contribution in [0, 0.1) is 0 Å². The van der Waals surface area contributed by atoms with Crippen LogP contribution >= 0.6 is 0 Å². The van der Waals surface area contributed by atoms with E-state index in [1.165, 1.54) is 0 Å². The maximum atomic E-state index is 11.5. The number of hydrogen-bond acceptors (Lipinski definition) is 3. The number of rotatable bonds is 4. The summed E-state index contributed by atoms with van der Waals surface area (Å²) >= 11 is 0. The Hall–Kier alpha value is -0.610. The van der Waals surface area contributed by atoms with Crippen molar-refractivity contribution in [3.8, 4) is 0 Å². The fraction of sp³-hybridized carbons (Fsp3) is 0.889. The molecular formula is C9H18N2O2. The number of nitrogens with zero attached hydrogens (tertiary/aromatic N) is 1. The first-order valence-electron chi connectivity index (χ1n) is 4.72. The average molecular weight is 186 g/mol. The normalized spacial score (nSPS) is 22.3. The predicted octanol–water partition coefficient (Wildman–Crippen LogP) is -0.157. The van der Waals surface area contributed by atoms with Crippen LogP contribution in [0.15, 0.2) is 0 Å². The van der Waals surface area contributed by atoms with Crippen LogP contribution in [-0.4, -0.2) is 50.7 Å². The molecule has 0 aromatic rings. The lowest BCUT2D eigenvalue weighted by molar-refractivity contribution is -0.131. The van der Waals surface area contributed by atoms with Gasteiger partial charge in [-0.25, -0.2) is 0 Å². The van der Waals surface area contributed by atoms with Crippen LogP contribution in [0.2, 0.25) is 0 Å². The summed E-state index contributed by atoms with van der Waals surface area (Å²) in [6.07, 6.45) is 1.57. The lowest BCUT2D eigenvalue weighted by atomic mass is 10.3. The number of carbonyl (C=O) groups excluding carboxylic acids is 1. The zero-order chi connectivity index (χ0) is 9.68. The van der Waals surface area contributed by atoms with E-state index in [0.717, 1.165) is 19.5 Å². The first-order valence-corrected chi connectivity index (χ1v) is 4.72. The molecule has 1 heterocycles. The van der Waals surface area contributed by atoms with Gasteiger partial charge in [0.15, 0.2) is 0 Å². The highest BCUT2D eigenvalue weighted by Gasteiger charge is 2.24. The van der Waals surface area contributed by atoms with E-state index in [2.05, 4.69) is 5.32 Å². The standard InChI is InChI=1S/C9H18N2O2/c1-10-8-3-5-11(7-8)9(12)4-6-13-2/h8,10H,3-7H2,1-2H3/t8-/m1/s1. The molecule has 0 aromatic carbocycles. The summed E-state index contributed by atoms with van der Waals surface area (Å²) in [5.74, 6) is 0.208. The summed E-state index contributed by atoms with van der Waals surface area (Å²) in [5, 5.41) is 3.18. The first kappa shape index (κ1) is 10.5. The molecular weight excluding hydrogens is 168 g/mol. The third-order valence-electron chi connectivity index (χ3n) is 2.47. The van der Waals surface area contributed by atoms with Crippen LogP contribution in [0.5, 0.6) is 0 Å². The van der Waals surface area contributed by atoms with Gasteiger partial charge in [0, 0.05) is 26.2 Å². The van der Waals surface area contributed by atoms with Gasteiger partial charge < -0.3 is 15.0 Å². The van der Waals surface area contributed by atoms with Crippen molar-refractivity contribution in [3.63, 3.8) is 0 Å². The molecule has 4 heteroatoms. The number of likely N-dealkylation sites (N-methyl/N-ethyl adjacent to an activating group) is 1. The van der Waals surface area contributed by atoms with Gasteiger partial charge in [0.1, 0.15) is 0 Å². The van der Waals surface area contributed by atoms with E-state index in [1.54, 1.807) is 7.11 Å². The Kier molecular flexibility index (Phi) is 4.18. The van der Waals surface area contributed by atoms with Crippen LogP contribution in [0.4, 0.5) is 0 Å². The van der Waals surface area contributed by atoms with Crippen molar-refractivity contribution in [1.29, 1.82) is 0 Å². The molecule has 13 heavy (non-hydrogen) atoms. The molecule has 0 unspecified atom stereocenters. The number of likely N-dealkylation sites (tertiary alicyclic amines) is 1. The highest BCUT2D eigenvalue weighted by Crippen LogP contribution is 2.09. The maximum absolute atomic E-state index is 11.5. The smallest absolute Gasteiger partial charge is 0.224 e. The Morgan fingerprint density at radius 2 is 2.46 bits per heavy atom. The number of carbonyl (C=O) groups is 1. The molecule has 1 fully saturated rings. The highest BCUT2D eigenvalue weighted by atomic mass is 16.5. The van der Waals surface area contributed by atoms with E-state index in [0.29, 0.717) is 19.1 Å². The minimum absolute atomic E-state index is 0.208. The Morgan fingerprint density at radius 1 is 1.69 bits per heavy atom. The van der Waals surface area contributed by atoms with E-state index in [9.17, 15) is 4.79 Å². The minimum Gasteiger partial charge on any atom is -0.384 e. The number of amides is 1. The van der Waals surface area contributed by atoms with E-state index in [-0.39, 0.29) is 5.91 Å². The average Bonchev–Trinajstić information content (AvgIpc) is 2.62. The molecule has 0 spiro atoms. The zero-order valence-corrected chi connectivity index (χ0v) is 8.38. The second-order valence-corrected chi connectivity index (χ2v) is 3.36.